The number of nitrogens with two attached hydrogens (primary N) is 1. The van der Waals surface area contributed by atoms with Gasteiger partial charge in [-0.3, -0.25) is 4.90 Å². The lowest BCUT2D eigenvalue weighted by atomic mass is 10.0. The Balaban J connectivity index is 1.89. The summed E-state index contributed by atoms with van der Waals surface area (Å²) in [7, 11) is 0. The average Bonchev–Trinajstić information content (AvgIpc) is 2.70. The van der Waals surface area contributed by atoms with Crippen LogP contribution in [0.4, 0.5) is 0 Å². The zero-order chi connectivity index (χ0) is 11.5. The van der Waals surface area contributed by atoms with Gasteiger partial charge < -0.3 is 10.8 Å². The molecule has 0 bridgehead atoms. The van der Waals surface area contributed by atoms with Crippen LogP contribution >= 0.6 is 0 Å². The van der Waals surface area contributed by atoms with Crippen molar-refractivity contribution in [3.8, 4) is 5.75 Å². The summed E-state index contributed by atoms with van der Waals surface area (Å²) in [6.07, 6.45) is 1.20. The van der Waals surface area contributed by atoms with Gasteiger partial charge in [0.1, 0.15) is 5.75 Å². The van der Waals surface area contributed by atoms with Crippen molar-refractivity contribution in [2.45, 2.75) is 25.9 Å². The third kappa shape index (κ3) is 2.74. The third-order valence-corrected chi connectivity index (χ3v) is 3.39. The standard InChI is InChI=1S/C13H20N2O/c1-10(14)12-6-7-15(9-12)8-11-2-4-13(16)5-3-11/h2-5,10,12,16H,6-9,14H2,1H3. The summed E-state index contributed by atoms with van der Waals surface area (Å²) in [4.78, 5) is 2.43. The molecule has 0 aliphatic carbocycles. The van der Waals surface area contributed by atoms with Crippen LogP contribution in [0, 0.1) is 5.92 Å². The molecule has 2 rings (SSSR count). The molecule has 1 aliphatic heterocycles. The van der Waals surface area contributed by atoms with Crippen molar-refractivity contribution in [2.75, 3.05) is 13.1 Å². The van der Waals surface area contributed by atoms with Crippen LogP contribution in [0.1, 0.15) is 18.9 Å². The quantitative estimate of drug-likeness (QED) is 0.812. The van der Waals surface area contributed by atoms with E-state index in [0.29, 0.717) is 17.7 Å². The Morgan fingerprint density at radius 2 is 2.12 bits per heavy atom. The normalized spacial score (nSPS) is 23.5. The van der Waals surface area contributed by atoms with Crippen molar-refractivity contribution in [3.05, 3.63) is 29.8 Å². The molecule has 0 saturated carbocycles. The fraction of sp³-hybridized carbons (Fsp3) is 0.538. The second-order valence-electron chi connectivity index (χ2n) is 4.81. The van der Waals surface area contributed by atoms with Gasteiger partial charge in [0.05, 0.1) is 0 Å². The van der Waals surface area contributed by atoms with Gasteiger partial charge in [-0.05, 0) is 43.5 Å². The summed E-state index contributed by atoms with van der Waals surface area (Å²) in [6.45, 7) is 5.28. The predicted molar refractivity (Wildman–Crippen MR) is 65.1 cm³/mol. The van der Waals surface area contributed by atoms with Crippen LogP contribution in [0.3, 0.4) is 0 Å². The van der Waals surface area contributed by atoms with Crippen LogP contribution in [-0.4, -0.2) is 29.1 Å². The van der Waals surface area contributed by atoms with Crippen LogP contribution in [0.2, 0.25) is 0 Å². The lowest BCUT2D eigenvalue weighted by Gasteiger charge is -2.17. The molecule has 16 heavy (non-hydrogen) atoms. The highest BCUT2D eigenvalue weighted by molar-refractivity contribution is 5.25. The minimum atomic E-state index is 0.296. The smallest absolute Gasteiger partial charge is 0.115 e. The highest BCUT2D eigenvalue weighted by atomic mass is 16.3. The topological polar surface area (TPSA) is 49.5 Å². The molecule has 1 fully saturated rings. The minimum absolute atomic E-state index is 0.296. The molecule has 0 aromatic heterocycles. The molecule has 0 radical (unpaired) electrons. The van der Waals surface area contributed by atoms with Gasteiger partial charge in [0.2, 0.25) is 0 Å². The largest absolute Gasteiger partial charge is 0.508 e. The van der Waals surface area contributed by atoms with E-state index in [2.05, 4.69) is 11.8 Å². The zero-order valence-corrected chi connectivity index (χ0v) is 9.76. The number of likely N-dealkylation sites (tertiary alicyclic amines) is 1. The van der Waals surface area contributed by atoms with E-state index < -0.39 is 0 Å². The first-order valence-corrected chi connectivity index (χ1v) is 5.91. The maximum Gasteiger partial charge on any atom is 0.115 e. The average molecular weight is 220 g/mol. The Hall–Kier alpha value is -1.06. The maximum absolute atomic E-state index is 9.20. The fourth-order valence-corrected chi connectivity index (χ4v) is 2.29. The van der Waals surface area contributed by atoms with E-state index in [9.17, 15) is 5.11 Å². The Morgan fingerprint density at radius 3 is 2.69 bits per heavy atom. The van der Waals surface area contributed by atoms with E-state index >= 15 is 0 Å². The van der Waals surface area contributed by atoms with Gasteiger partial charge in [0, 0.05) is 19.1 Å². The molecule has 1 heterocycles. The molecule has 1 aromatic rings. The van der Waals surface area contributed by atoms with E-state index in [1.54, 1.807) is 12.1 Å². The van der Waals surface area contributed by atoms with Gasteiger partial charge in [-0.2, -0.15) is 0 Å². The number of hydrogen-bond donors (Lipinski definition) is 2. The molecular formula is C13H20N2O. The van der Waals surface area contributed by atoms with Crippen molar-refractivity contribution < 1.29 is 5.11 Å². The molecule has 0 amide bonds. The van der Waals surface area contributed by atoms with E-state index in [1.165, 1.54) is 12.0 Å². The minimum Gasteiger partial charge on any atom is -0.508 e. The lowest BCUT2D eigenvalue weighted by Crippen LogP contribution is -2.29. The summed E-state index contributed by atoms with van der Waals surface area (Å²) in [6, 6.07) is 7.75. The zero-order valence-electron chi connectivity index (χ0n) is 9.76. The third-order valence-electron chi connectivity index (χ3n) is 3.39. The lowest BCUT2D eigenvalue weighted by molar-refractivity contribution is 0.308. The Labute approximate surface area is 96.9 Å². The van der Waals surface area contributed by atoms with Crippen LogP contribution < -0.4 is 5.73 Å². The summed E-state index contributed by atoms with van der Waals surface area (Å²) in [5, 5.41) is 9.20. The summed E-state index contributed by atoms with van der Waals surface area (Å²) in [5.41, 5.74) is 7.17. The monoisotopic (exact) mass is 220 g/mol. The number of nitrogens with zero attached hydrogens (tertiary/aromatic N) is 1. The number of rotatable bonds is 3. The van der Waals surface area contributed by atoms with Crippen molar-refractivity contribution >= 4 is 0 Å². The molecule has 3 N–H and O–H groups in total. The van der Waals surface area contributed by atoms with E-state index in [0.717, 1.165) is 19.6 Å². The van der Waals surface area contributed by atoms with Crippen molar-refractivity contribution in [2.24, 2.45) is 11.7 Å². The second-order valence-corrected chi connectivity index (χ2v) is 4.81. The highest BCUT2D eigenvalue weighted by Crippen LogP contribution is 2.21. The van der Waals surface area contributed by atoms with Crippen LogP contribution in [0.5, 0.6) is 5.75 Å². The first-order chi connectivity index (χ1) is 7.65. The highest BCUT2D eigenvalue weighted by Gasteiger charge is 2.24. The van der Waals surface area contributed by atoms with Gasteiger partial charge in [0.25, 0.3) is 0 Å². The molecule has 2 atom stereocenters. The van der Waals surface area contributed by atoms with Crippen LogP contribution in [0.15, 0.2) is 24.3 Å². The number of hydrogen-bond acceptors (Lipinski definition) is 3. The molecule has 3 heteroatoms. The van der Waals surface area contributed by atoms with Gasteiger partial charge in [0.15, 0.2) is 0 Å². The molecule has 3 nitrogen and oxygen atoms in total. The molecule has 2 unspecified atom stereocenters. The predicted octanol–water partition coefficient (Wildman–Crippen LogP) is 1.56. The number of aromatic hydroxyl groups is 1. The van der Waals surface area contributed by atoms with Crippen LogP contribution in [-0.2, 0) is 6.54 Å². The van der Waals surface area contributed by atoms with Gasteiger partial charge in [-0.15, -0.1) is 0 Å². The van der Waals surface area contributed by atoms with Gasteiger partial charge in [-0.1, -0.05) is 12.1 Å². The molecule has 1 saturated heterocycles. The van der Waals surface area contributed by atoms with Crippen molar-refractivity contribution in [1.82, 2.24) is 4.90 Å². The summed E-state index contributed by atoms with van der Waals surface area (Å²) in [5.74, 6) is 0.968. The Bertz CT molecular complexity index is 334. The molecular weight excluding hydrogens is 200 g/mol. The first kappa shape index (κ1) is 11.4. The number of phenols is 1. The van der Waals surface area contributed by atoms with E-state index in [1.807, 2.05) is 12.1 Å². The molecule has 0 spiro atoms. The van der Waals surface area contributed by atoms with Crippen LogP contribution in [0.25, 0.3) is 0 Å². The Kier molecular flexibility index (Phi) is 3.46. The number of phenolic OH excluding ortho intramolecular Hbond substituents is 1. The molecule has 88 valence electrons. The van der Waals surface area contributed by atoms with E-state index in [4.69, 9.17) is 5.73 Å². The maximum atomic E-state index is 9.20. The van der Waals surface area contributed by atoms with Crippen molar-refractivity contribution in [1.29, 1.82) is 0 Å². The second kappa shape index (κ2) is 4.85. The first-order valence-electron chi connectivity index (χ1n) is 5.91. The summed E-state index contributed by atoms with van der Waals surface area (Å²) >= 11 is 0. The van der Waals surface area contributed by atoms with E-state index in [-0.39, 0.29) is 0 Å². The molecule has 1 aromatic carbocycles. The fourth-order valence-electron chi connectivity index (χ4n) is 2.29. The van der Waals surface area contributed by atoms with Gasteiger partial charge >= 0.3 is 0 Å². The Morgan fingerprint density at radius 1 is 1.44 bits per heavy atom. The van der Waals surface area contributed by atoms with Crippen molar-refractivity contribution in [3.63, 3.8) is 0 Å². The summed E-state index contributed by atoms with van der Waals surface area (Å²) < 4.78 is 0. The van der Waals surface area contributed by atoms with Gasteiger partial charge in [-0.25, -0.2) is 0 Å². The molecule has 1 aliphatic rings. The number of benzene rings is 1. The SMILES string of the molecule is CC(N)C1CCN(Cc2ccc(O)cc2)C1.